The molecule has 1 atom stereocenters. The van der Waals surface area contributed by atoms with Gasteiger partial charge in [-0.2, -0.15) is 0 Å². The second kappa shape index (κ2) is 3.97. The molecule has 0 aromatic carbocycles. The van der Waals surface area contributed by atoms with E-state index in [1.165, 1.54) is 0 Å². The zero-order valence-corrected chi connectivity index (χ0v) is 9.63. The summed E-state index contributed by atoms with van der Waals surface area (Å²) in [5.41, 5.74) is 0.324. The Morgan fingerprint density at radius 2 is 1.92 bits per heavy atom. The fourth-order valence-corrected chi connectivity index (χ4v) is 1.98. The average molecular weight is 185 g/mol. The Balaban J connectivity index is 2.67. The molecule has 2 heteroatoms. The van der Waals surface area contributed by atoms with E-state index in [1.807, 2.05) is 0 Å². The lowest BCUT2D eigenvalue weighted by Crippen LogP contribution is -2.54. The van der Waals surface area contributed by atoms with Gasteiger partial charge in [0.1, 0.15) is 0 Å². The van der Waals surface area contributed by atoms with Gasteiger partial charge in [-0.1, -0.05) is 20.8 Å². The van der Waals surface area contributed by atoms with E-state index in [0.29, 0.717) is 17.5 Å². The van der Waals surface area contributed by atoms with Crippen LogP contribution >= 0.6 is 0 Å². The predicted octanol–water partition coefficient (Wildman–Crippen LogP) is 2.14. The highest BCUT2D eigenvalue weighted by Gasteiger charge is 2.33. The quantitative estimate of drug-likeness (QED) is 0.620. The van der Waals surface area contributed by atoms with E-state index >= 15 is 0 Å². The molecule has 1 saturated heterocycles. The predicted molar refractivity (Wildman–Crippen MR) is 55.9 cm³/mol. The first-order valence-electron chi connectivity index (χ1n) is 5.26. The largest absolute Gasteiger partial charge is 0.378 e. The molecule has 1 fully saturated rings. The van der Waals surface area contributed by atoms with Gasteiger partial charge < -0.3 is 4.74 Å². The van der Waals surface area contributed by atoms with Gasteiger partial charge >= 0.3 is 0 Å². The maximum Gasteiger partial charge on any atom is 0.0627 e. The van der Waals surface area contributed by atoms with E-state index in [1.54, 1.807) is 0 Å². The summed E-state index contributed by atoms with van der Waals surface area (Å²) in [6.45, 7) is 14.3. The fraction of sp³-hybridized carbons (Fsp3) is 1.00. The molecule has 1 heterocycles. The smallest absolute Gasteiger partial charge is 0.0627 e. The van der Waals surface area contributed by atoms with Crippen molar-refractivity contribution in [2.45, 2.75) is 46.7 Å². The van der Waals surface area contributed by atoms with Crippen LogP contribution in [0.25, 0.3) is 0 Å². The molecule has 0 radical (unpaired) electrons. The van der Waals surface area contributed by atoms with Crippen LogP contribution in [0.4, 0.5) is 0 Å². The number of ether oxygens (including phenoxy) is 1. The van der Waals surface area contributed by atoms with Gasteiger partial charge in [-0.15, -0.1) is 0 Å². The van der Waals surface area contributed by atoms with Crippen LogP contribution in [0.5, 0.6) is 0 Å². The molecule has 0 aromatic rings. The van der Waals surface area contributed by atoms with Gasteiger partial charge in [0, 0.05) is 18.6 Å². The Morgan fingerprint density at radius 1 is 1.31 bits per heavy atom. The summed E-state index contributed by atoms with van der Waals surface area (Å²) in [7, 11) is 0. The van der Waals surface area contributed by atoms with Crippen LogP contribution in [0.2, 0.25) is 0 Å². The number of rotatable bonds is 1. The van der Waals surface area contributed by atoms with Crippen LogP contribution < -0.4 is 0 Å². The van der Waals surface area contributed by atoms with Gasteiger partial charge in [-0.05, 0) is 19.3 Å². The Labute approximate surface area is 82.3 Å². The van der Waals surface area contributed by atoms with Crippen molar-refractivity contribution < 1.29 is 4.74 Å². The molecule has 0 N–H and O–H groups in total. The molecule has 0 aliphatic carbocycles. The van der Waals surface area contributed by atoms with Gasteiger partial charge in [0.15, 0.2) is 0 Å². The van der Waals surface area contributed by atoms with Crippen molar-refractivity contribution in [1.29, 1.82) is 0 Å². The first-order valence-corrected chi connectivity index (χ1v) is 5.26. The molecule has 0 saturated carbocycles. The first kappa shape index (κ1) is 11.0. The van der Waals surface area contributed by atoms with E-state index in [-0.39, 0.29) is 0 Å². The minimum absolute atomic E-state index is 0.324. The summed E-state index contributed by atoms with van der Waals surface area (Å²) in [6, 6.07) is 1.20. The van der Waals surface area contributed by atoms with Gasteiger partial charge in [-0.3, -0.25) is 4.90 Å². The fourth-order valence-electron chi connectivity index (χ4n) is 1.98. The van der Waals surface area contributed by atoms with E-state index in [9.17, 15) is 0 Å². The second-order valence-corrected chi connectivity index (χ2v) is 5.29. The van der Waals surface area contributed by atoms with Crippen LogP contribution in [0.1, 0.15) is 34.6 Å². The zero-order chi connectivity index (χ0) is 10.1. The van der Waals surface area contributed by atoms with E-state index in [2.05, 4.69) is 39.5 Å². The minimum atomic E-state index is 0.324. The molecule has 1 aliphatic heterocycles. The molecule has 13 heavy (non-hydrogen) atoms. The maximum absolute atomic E-state index is 5.55. The zero-order valence-electron chi connectivity index (χ0n) is 9.63. The third kappa shape index (κ3) is 2.68. The maximum atomic E-state index is 5.55. The third-order valence-corrected chi connectivity index (χ3v) is 2.83. The highest BCUT2D eigenvalue weighted by Crippen LogP contribution is 2.27. The molecule has 1 rings (SSSR count). The van der Waals surface area contributed by atoms with Crippen LogP contribution in [-0.4, -0.2) is 36.7 Å². The molecular formula is C11H23NO. The lowest BCUT2D eigenvalue weighted by Gasteiger charge is -2.45. The molecule has 1 unspecified atom stereocenters. The van der Waals surface area contributed by atoms with Crippen LogP contribution in [-0.2, 0) is 4.74 Å². The minimum Gasteiger partial charge on any atom is -0.378 e. The monoisotopic (exact) mass is 185 g/mol. The first-order chi connectivity index (χ1) is 5.93. The van der Waals surface area contributed by atoms with Crippen molar-refractivity contribution in [2.24, 2.45) is 5.41 Å². The molecular weight excluding hydrogens is 162 g/mol. The lowest BCUT2D eigenvalue weighted by molar-refractivity contribution is -0.0615. The van der Waals surface area contributed by atoms with Crippen molar-refractivity contribution in [3.05, 3.63) is 0 Å². The van der Waals surface area contributed by atoms with Gasteiger partial charge in [0.2, 0.25) is 0 Å². The van der Waals surface area contributed by atoms with E-state index < -0.39 is 0 Å². The van der Waals surface area contributed by atoms with Crippen LogP contribution in [0, 0.1) is 5.41 Å². The number of nitrogens with zero attached hydrogens (tertiary/aromatic N) is 1. The van der Waals surface area contributed by atoms with Gasteiger partial charge in [0.25, 0.3) is 0 Å². The third-order valence-electron chi connectivity index (χ3n) is 2.83. The molecule has 0 amide bonds. The van der Waals surface area contributed by atoms with Gasteiger partial charge in [0.05, 0.1) is 13.2 Å². The van der Waals surface area contributed by atoms with Crippen molar-refractivity contribution in [3.63, 3.8) is 0 Å². The van der Waals surface area contributed by atoms with Gasteiger partial charge in [-0.25, -0.2) is 0 Å². The standard InChI is InChI=1S/C11H23NO/c1-9(2)12-6-7-13-8-10(12)11(3,4)5/h9-10H,6-8H2,1-5H3. The van der Waals surface area contributed by atoms with Crippen LogP contribution in [0.3, 0.4) is 0 Å². The Hall–Kier alpha value is -0.0800. The number of hydrogen-bond acceptors (Lipinski definition) is 2. The molecule has 0 bridgehead atoms. The van der Waals surface area contributed by atoms with E-state index in [0.717, 1.165) is 19.8 Å². The highest BCUT2D eigenvalue weighted by molar-refractivity contribution is 4.86. The van der Waals surface area contributed by atoms with Crippen molar-refractivity contribution in [3.8, 4) is 0 Å². The molecule has 1 aliphatic rings. The summed E-state index contributed by atoms with van der Waals surface area (Å²) < 4.78 is 5.55. The summed E-state index contributed by atoms with van der Waals surface area (Å²) in [6.07, 6.45) is 0. The molecule has 78 valence electrons. The highest BCUT2D eigenvalue weighted by atomic mass is 16.5. The average Bonchev–Trinajstić information content (AvgIpc) is 2.03. The summed E-state index contributed by atoms with van der Waals surface area (Å²) in [4.78, 5) is 2.56. The molecule has 0 aromatic heterocycles. The second-order valence-electron chi connectivity index (χ2n) is 5.29. The number of hydrogen-bond donors (Lipinski definition) is 0. The molecule has 0 spiro atoms. The number of morpholine rings is 1. The van der Waals surface area contributed by atoms with Crippen molar-refractivity contribution >= 4 is 0 Å². The summed E-state index contributed by atoms with van der Waals surface area (Å²) in [5, 5.41) is 0. The lowest BCUT2D eigenvalue weighted by atomic mass is 9.85. The summed E-state index contributed by atoms with van der Waals surface area (Å²) in [5.74, 6) is 0. The topological polar surface area (TPSA) is 12.5 Å². The SMILES string of the molecule is CC(C)N1CCOCC1C(C)(C)C. The normalized spacial score (nSPS) is 26.8. The van der Waals surface area contributed by atoms with E-state index in [4.69, 9.17) is 4.74 Å². The molecule has 2 nitrogen and oxygen atoms in total. The Bertz CT molecular complexity index is 160. The van der Waals surface area contributed by atoms with Crippen molar-refractivity contribution in [1.82, 2.24) is 4.90 Å². The summed E-state index contributed by atoms with van der Waals surface area (Å²) >= 11 is 0. The van der Waals surface area contributed by atoms with Crippen LogP contribution in [0.15, 0.2) is 0 Å². The Kier molecular flexibility index (Phi) is 3.36. The van der Waals surface area contributed by atoms with Crippen molar-refractivity contribution in [2.75, 3.05) is 19.8 Å². The Morgan fingerprint density at radius 3 is 2.31 bits per heavy atom.